The normalized spacial score (nSPS) is 47.4. The van der Waals surface area contributed by atoms with Crippen molar-refractivity contribution in [3.63, 3.8) is 0 Å². The van der Waals surface area contributed by atoms with Gasteiger partial charge in [0.1, 0.15) is 0 Å². The van der Waals surface area contributed by atoms with Crippen molar-refractivity contribution in [2.75, 3.05) is 33.7 Å². The Morgan fingerprint density at radius 3 is 2.56 bits per heavy atom. The molecule has 0 amide bonds. The molecular weight excluding hydrogens is 476 g/mol. The predicted octanol–water partition coefficient (Wildman–Crippen LogP) is 3.97. The minimum atomic E-state index is -1.13. The van der Waals surface area contributed by atoms with E-state index in [1.54, 1.807) is 0 Å². The highest BCUT2D eigenvalue weighted by Gasteiger charge is 2.96. The molecule has 2 heterocycles. The van der Waals surface area contributed by atoms with Crippen LogP contribution >= 0.6 is 24.0 Å². The molecule has 2 saturated heterocycles. The molecule has 0 radical (unpaired) electrons. The zero-order valence-corrected chi connectivity index (χ0v) is 22.4. The molecule has 9 atom stereocenters. The van der Waals surface area contributed by atoms with Crippen LogP contribution in [0.25, 0.3) is 0 Å². The van der Waals surface area contributed by atoms with E-state index in [4.69, 9.17) is 35.9 Å². The highest BCUT2D eigenvalue weighted by molar-refractivity contribution is 8.22. The highest BCUT2D eigenvalue weighted by Crippen LogP contribution is 2.85. The third kappa shape index (κ3) is 2.55. The smallest absolute Gasteiger partial charge is 0.313 e. The van der Waals surface area contributed by atoms with Crippen molar-refractivity contribution in [3.8, 4) is 0 Å². The maximum absolute atomic E-state index is 13.9. The summed E-state index contributed by atoms with van der Waals surface area (Å²) >= 11 is 7.05. The first-order chi connectivity index (χ1) is 16.3. The number of unbranched alkanes of at least 4 members (excludes halogenated alkanes) is 1. The van der Waals surface area contributed by atoms with Crippen LogP contribution < -0.4 is 0 Å². The fraction of sp³-hybridized carbons (Fsp3) is 0.880. The molecule has 7 nitrogen and oxygen atoms in total. The molecule has 9 unspecified atom stereocenters. The lowest BCUT2D eigenvalue weighted by atomic mass is 9.38. The van der Waals surface area contributed by atoms with Gasteiger partial charge in [-0.2, -0.15) is 0 Å². The lowest BCUT2D eigenvalue weighted by Crippen LogP contribution is -2.82. The van der Waals surface area contributed by atoms with Crippen molar-refractivity contribution in [1.29, 1.82) is 0 Å². The summed E-state index contributed by atoms with van der Waals surface area (Å²) in [4.78, 5) is 27.5. The number of hydrogen-bond acceptors (Lipinski definition) is 9. The van der Waals surface area contributed by atoms with Crippen LogP contribution in [0, 0.1) is 40.4 Å². The van der Waals surface area contributed by atoms with Gasteiger partial charge < -0.3 is 23.7 Å². The number of carbonyl (C=O) groups is 2. The Morgan fingerprint density at radius 2 is 1.94 bits per heavy atom. The van der Waals surface area contributed by atoms with Gasteiger partial charge in [-0.1, -0.05) is 38.5 Å². The van der Waals surface area contributed by atoms with Gasteiger partial charge in [-0.3, -0.25) is 9.59 Å². The number of ether oxygens (including phenoxy) is 5. The minimum Gasteiger partial charge on any atom is -0.469 e. The highest BCUT2D eigenvalue weighted by atomic mass is 32.2. The number of carbonyl (C=O) groups excluding carboxylic acids is 2. The molecule has 4 saturated carbocycles. The maximum atomic E-state index is 13.9. The second-order valence-corrected chi connectivity index (χ2v) is 12.1. The number of methoxy groups -OCH3 is 2. The molecule has 4 aliphatic carbocycles. The third-order valence-corrected chi connectivity index (χ3v) is 11.1. The summed E-state index contributed by atoms with van der Waals surface area (Å²) in [6, 6.07) is 0. The summed E-state index contributed by atoms with van der Waals surface area (Å²) < 4.78 is 31.5. The third-order valence-electron chi connectivity index (χ3n) is 10.1. The van der Waals surface area contributed by atoms with Crippen LogP contribution in [0.3, 0.4) is 0 Å². The van der Waals surface area contributed by atoms with Crippen molar-refractivity contribution in [1.82, 2.24) is 0 Å². The van der Waals surface area contributed by atoms with Crippen LogP contribution in [0.2, 0.25) is 0 Å². The molecule has 0 aromatic rings. The van der Waals surface area contributed by atoms with Gasteiger partial charge in [0.2, 0.25) is 10.2 Å². The Balaban J connectivity index is 1.85. The molecule has 190 valence electrons. The van der Waals surface area contributed by atoms with E-state index in [9.17, 15) is 9.59 Å². The average Bonchev–Trinajstić information content (AvgIpc) is 3.24. The van der Waals surface area contributed by atoms with Gasteiger partial charge in [-0.15, -0.1) is 0 Å². The van der Waals surface area contributed by atoms with E-state index in [2.05, 4.69) is 13.8 Å². The zero-order valence-electron chi connectivity index (χ0n) is 20.7. The van der Waals surface area contributed by atoms with Gasteiger partial charge in [0.25, 0.3) is 0 Å². The Hall–Kier alpha value is -0.900. The van der Waals surface area contributed by atoms with Crippen molar-refractivity contribution in [2.24, 2.45) is 40.4 Å². The fourth-order valence-electron chi connectivity index (χ4n) is 9.22. The summed E-state index contributed by atoms with van der Waals surface area (Å²) in [5.41, 5.74) is -2.54. The summed E-state index contributed by atoms with van der Waals surface area (Å²) in [5.74, 6) is -2.87. The van der Waals surface area contributed by atoms with Gasteiger partial charge >= 0.3 is 11.9 Å². The number of hydrogen-bond donors (Lipinski definition) is 0. The first-order valence-electron chi connectivity index (χ1n) is 12.5. The fourth-order valence-corrected chi connectivity index (χ4v) is 9.56. The molecule has 0 aromatic carbocycles. The summed E-state index contributed by atoms with van der Waals surface area (Å²) in [6.45, 7) is 5.24. The molecule has 34 heavy (non-hydrogen) atoms. The Kier molecular flexibility index (Phi) is 6.06. The molecule has 6 aliphatic rings. The minimum absolute atomic E-state index is 0.178. The Labute approximate surface area is 211 Å². The molecule has 0 aromatic heterocycles. The number of thiocarbonyl (C=S) groups is 1. The largest absolute Gasteiger partial charge is 0.469 e. The van der Waals surface area contributed by atoms with E-state index >= 15 is 0 Å². The molecular formula is C25H36O7S2. The molecule has 6 rings (SSSR count). The number of thioether (sulfide) groups is 1. The molecule has 1 spiro atoms. The molecule has 6 fully saturated rings. The molecule has 2 aliphatic heterocycles. The molecule has 6 bridgehead atoms. The summed E-state index contributed by atoms with van der Waals surface area (Å²) in [6.07, 6.45) is 6.95. The van der Waals surface area contributed by atoms with Crippen LogP contribution in [0.1, 0.15) is 52.4 Å². The van der Waals surface area contributed by atoms with Gasteiger partial charge in [0.15, 0.2) is 5.60 Å². The topological polar surface area (TPSA) is 80.3 Å². The monoisotopic (exact) mass is 512 g/mol. The SMILES string of the molecule is CCCCC1C2CCOC34OCC5(CC)CC(C(=O)OC)(C(C(=O)OC)C23)C1C54OC(=S)SC. The van der Waals surface area contributed by atoms with Gasteiger partial charge in [-0.25, -0.2) is 0 Å². The standard InChI is InChI=1S/C25H36O7S2/c1-6-8-9-15-14-10-11-30-25-16(14)17(19(26)28-3)23(20(27)29-4)12-22(7-2,13-31-25)24(25,18(15)23)32-21(33)34-5/h14-18H,6-13H2,1-5H3. The number of rotatable bonds is 7. The summed E-state index contributed by atoms with van der Waals surface area (Å²) in [5, 5.41) is 0. The van der Waals surface area contributed by atoms with E-state index in [1.165, 1.54) is 26.0 Å². The van der Waals surface area contributed by atoms with E-state index in [0.29, 0.717) is 24.0 Å². The van der Waals surface area contributed by atoms with E-state index in [0.717, 1.165) is 32.1 Å². The predicted molar refractivity (Wildman–Crippen MR) is 130 cm³/mol. The molecule has 0 N–H and O–H groups in total. The summed E-state index contributed by atoms with van der Waals surface area (Å²) in [7, 11) is 2.82. The lowest BCUT2D eigenvalue weighted by Gasteiger charge is -2.70. The van der Waals surface area contributed by atoms with Crippen LogP contribution in [-0.4, -0.2) is 61.4 Å². The average molecular weight is 513 g/mol. The van der Waals surface area contributed by atoms with Crippen LogP contribution in [0.15, 0.2) is 0 Å². The second kappa shape index (κ2) is 8.32. The maximum Gasteiger partial charge on any atom is 0.313 e. The Bertz CT molecular complexity index is 896. The van der Waals surface area contributed by atoms with Crippen molar-refractivity contribution < 1.29 is 33.3 Å². The Morgan fingerprint density at radius 1 is 1.18 bits per heavy atom. The quantitative estimate of drug-likeness (QED) is 0.372. The van der Waals surface area contributed by atoms with Gasteiger partial charge in [-0.05, 0) is 56.0 Å². The first kappa shape index (κ1) is 24.8. The van der Waals surface area contributed by atoms with E-state index < -0.39 is 28.1 Å². The van der Waals surface area contributed by atoms with Crippen molar-refractivity contribution in [3.05, 3.63) is 0 Å². The van der Waals surface area contributed by atoms with Crippen LogP contribution in [0.4, 0.5) is 0 Å². The van der Waals surface area contributed by atoms with Crippen molar-refractivity contribution in [2.45, 2.75) is 63.8 Å². The molecule has 9 heteroatoms. The van der Waals surface area contributed by atoms with Crippen LogP contribution in [-0.2, 0) is 33.3 Å². The zero-order chi connectivity index (χ0) is 24.5. The van der Waals surface area contributed by atoms with Crippen LogP contribution in [0.5, 0.6) is 0 Å². The van der Waals surface area contributed by atoms with Gasteiger partial charge in [0.05, 0.1) is 38.8 Å². The van der Waals surface area contributed by atoms with E-state index in [1.807, 2.05) is 6.26 Å². The van der Waals surface area contributed by atoms with E-state index in [-0.39, 0.29) is 35.6 Å². The van der Waals surface area contributed by atoms with Crippen molar-refractivity contribution >= 4 is 40.3 Å². The lowest BCUT2D eigenvalue weighted by molar-refractivity contribution is -0.409. The first-order valence-corrected chi connectivity index (χ1v) is 14.1. The number of esters is 2. The second-order valence-electron chi connectivity index (χ2n) is 10.7. The van der Waals surface area contributed by atoms with Gasteiger partial charge in [0, 0.05) is 17.3 Å².